The van der Waals surface area contributed by atoms with Crippen molar-refractivity contribution >= 4 is 26.8 Å². The predicted octanol–water partition coefficient (Wildman–Crippen LogP) is 2.32. The second-order valence-electron chi connectivity index (χ2n) is 7.60. The first kappa shape index (κ1) is 22.6. The summed E-state index contributed by atoms with van der Waals surface area (Å²) in [5, 5.41) is 14.6. The van der Waals surface area contributed by atoms with E-state index < -0.39 is 27.3 Å². The summed E-state index contributed by atoms with van der Waals surface area (Å²) in [6, 6.07) is 11.8. The first-order valence-corrected chi connectivity index (χ1v) is 12.9. The molecule has 170 valence electrons. The molecular weight excluding hydrogens is 452 g/mol. The zero-order valence-corrected chi connectivity index (χ0v) is 19.0. The minimum Gasteiger partial charge on any atom is -0.373 e. The second-order valence-corrected chi connectivity index (χ2v) is 10.4. The number of aliphatic hydroxyl groups is 1. The van der Waals surface area contributed by atoms with Gasteiger partial charge in [0.25, 0.3) is 0 Å². The Morgan fingerprint density at radius 2 is 1.94 bits per heavy atom. The summed E-state index contributed by atoms with van der Waals surface area (Å²) in [4.78, 5) is 0.252. The highest BCUT2D eigenvalue weighted by molar-refractivity contribution is 7.92. The van der Waals surface area contributed by atoms with Crippen LogP contribution in [-0.4, -0.2) is 37.8 Å². The number of aryl methyl sites for hydroxylation is 1. The number of nitrogens with two attached hydrogens (primary N) is 1. The smallest absolute Gasteiger partial charge is 0.232 e. The molecule has 0 bridgehead atoms. The summed E-state index contributed by atoms with van der Waals surface area (Å²) >= 11 is -2.10. The van der Waals surface area contributed by atoms with Crippen molar-refractivity contribution in [1.82, 2.24) is 9.78 Å². The Labute approximate surface area is 188 Å². The normalized spacial score (nSPS) is 15.0. The first-order chi connectivity index (χ1) is 15.2. The zero-order valence-electron chi connectivity index (χ0n) is 17.4. The van der Waals surface area contributed by atoms with Crippen LogP contribution >= 0.6 is 0 Å². The molecule has 11 heteroatoms. The van der Waals surface area contributed by atoms with E-state index in [1.807, 2.05) is 6.07 Å². The van der Waals surface area contributed by atoms with Crippen LogP contribution in [0.4, 0.5) is 5.69 Å². The van der Waals surface area contributed by atoms with E-state index in [0.29, 0.717) is 42.0 Å². The molecule has 2 atom stereocenters. The van der Waals surface area contributed by atoms with Gasteiger partial charge in [0.2, 0.25) is 10.0 Å². The minimum absolute atomic E-state index is 0.0232. The number of anilines is 1. The Kier molecular flexibility index (Phi) is 6.19. The van der Waals surface area contributed by atoms with Crippen molar-refractivity contribution in [1.29, 1.82) is 0 Å². The molecule has 1 heterocycles. The molecule has 0 amide bonds. The third kappa shape index (κ3) is 4.34. The van der Waals surface area contributed by atoms with Crippen LogP contribution in [-0.2, 0) is 33.9 Å². The third-order valence-corrected chi connectivity index (χ3v) is 7.50. The van der Waals surface area contributed by atoms with E-state index in [1.165, 1.54) is 12.1 Å². The molecule has 32 heavy (non-hydrogen) atoms. The van der Waals surface area contributed by atoms with Gasteiger partial charge in [-0.2, -0.15) is 5.10 Å². The average molecular weight is 477 g/mol. The highest BCUT2D eigenvalue weighted by Crippen LogP contribution is 2.39. The van der Waals surface area contributed by atoms with Crippen LogP contribution in [0.5, 0.6) is 0 Å². The number of aromatic nitrogens is 2. The maximum atomic E-state index is 12.3. The van der Waals surface area contributed by atoms with E-state index in [9.17, 15) is 22.3 Å². The zero-order chi connectivity index (χ0) is 23.0. The van der Waals surface area contributed by atoms with Crippen molar-refractivity contribution in [2.45, 2.75) is 37.3 Å². The fraction of sp³-hybridized carbons (Fsp3) is 0.286. The third-order valence-electron chi connectivity index (χ3n) is 5.33. The number of hydrogen-bond acceptors (Lipinski definition) is 6. The van der Waals surface area contributed by atoms with E-state index in [0.717, 1.165) is 16.7 Å². The highest BCUT2D eigenvalue weighted by atomic mass is 32.2. The number of benzene rings is 2. The summed E-state index contributed by atoms with van der Waals surface area (Å²) in [7, 11) is -3.46. The molecule has 4 rings (SSSR count). The van der Waals surface area contributed by atoms with Crippen molar-refractivity contribution in [3.8, 4) is 16.9 Å². The summed E-state index contributed by atoms with van der Waals surface area (Å²) in [6.07, 6.45) is 0.537. The van der Waals surface area contributed by atoms with Gasteiger partial charge in [0.05, 0.1) is 22.0 Å². The summed E-state index contributed by atoms with van der Waals surface area (Å²) in [5.41, 5.74) is 10.5. The maximum Gasteiger partial charge on any atom is 0.232 e. The molecule has 0 saturated heterocycles. The van der Waals surface area contributed by atoms with Gasteiger partial charge in [-0.15, -0.1) is 0 Å². The van der Waals surface area contributed by atoms with Crippen LogP contribution in [0.25, 0.3) is 16.9 Å². The fourth-order valence-corrected chi connectivity index (χ4v) is 5.45. The molecule has 1 aromatic heterocycles. The van der Waals surface area contributed by atoms with Gasteiger partial charge in [-0.3, -0.25) is 4.72 Å². The number of hydrogen-bond donors (Lipinski definition) is 4. The van der Waals surface area contributed by atoms with E-state index in [-0.39, 0.29) is 10.6 Å². The molecule has 0 spiro atoms. The Morgan fingerprint density at radius 3 is 2.56 bits per heavy atom. The van der Waals surface area contributed by atoms with Crippen molar-refractivity contribution in [2.24, 2.45) is 5.73 Å². The average Bonchev–Trinajstić information content (AvgIpc) is 3.14. The molecule has 0 radical (unpaired) electrons. The molecule has 2 unspecified atom stereocenters. The van der Waals surface area contributed by atoms with Crippen molar-refractivity contribution in [2.75, 3.05) is 10.5 Å². The van der Waals surface area contributed by atoms with Crippen molar-refractivity contribution in [3.05, 3.63) is 59.3 Å². The molecule has 1 aliphatic rings. The summed E-state index contributed by atoms with van der Waals surface area (Å²) < 4.78 is 49.4. The number of fused-ring (bicyclic) bond motifs is 3. The Hall–Kier alpha value is -2.57. The lowest BCUT2D eigenvalue weighted by atomic mass is 9.88. The molecule has 0 saturated carbocycles. The van der Waals surface area contributed by atoms with Crippen LogP contribution in [0.15, 0.2) is 47.4 Å². The van der Waals surface area contributed by atoms with Gasteiger partial charge in [0.1, 0.15) is 11.9 Å². The Balaban J connectivity index is 1.86. The predicted molar refractivity (Wildman–Crippen MR) is 122 cm³/mol. The monoisotopic (exact) mass is 476 g/mol. The summed E-state index contributed by atoms with van der Waals surface area (Å²) in [5.74, 6) is 0.0232. The topological polar surface area (TPSA) is 148 Å². The van der Waals surface area contributed by atoms with Gasteiger partial charge in [0, 0.05) is 16.8 Å². The molecule has 0 aliphatic heterocycles. The minimum atomic E-state index is -3.46. The molecule has 2 aromatic carbocycles. The lowest BCUT2D eigenvalue weighted by Gasteiger charge is -2.20. The van der Waals surface area contributed by atoms with Crippen molar-refractivity contribution < 1.29 is 22.3 Å². The first-order valence-electron chi connectivity index (χ1n) is 10.1. The van der Waals surface area contributed by atoms with E-state index >= 15 is 0 Å². The van der Waals surface area contributed by atoms with Gasteiger partial charge in [-0.1, -0.05) is 13.0 Å². The Morgan fingerprint density at radius 1 is 1.22 bits per heavy atom. The van der Waals surface area contributed by atoms with Crippen LogP contribution in [0.1, 0.15) is 36.4 Å². The van der Waals surface area contributed by atoms with E-state index in [2.05, 4.69) is 9.82 Å². The van der Waals surface area contributed by atoms with Crippen molar-refractivity contribution in [3.63, 3.8) is 0 Å². The summed E-state index contributed by atoms with van der Waals surface area (Å²) in [6.45, 7) is 1.80. The fourth-order valence-electron chi connectivity index (χ4n) is 3.96. The largest absolute Gasteiger partial charge is 0.373 e. The van der Waals surface area contributed by atoms with Gasteiger partial charge in [-0.25, -0.2) is 17.3 Å². The number of nitrogens with one attached hydrogen (secondary N) is 1. The van der Waals surface area contributed by atoms with Crippen LogP contribution in [0.3, 0.4) is 0 Å². The second kappa shape index (κ2) is 8.75. The number of rotatable bonds is 7. The molecule has 9 nitrogen and oxygen atoms in total. The molecule has 0 fully saturated rings. The standard InChI is InChI=1S/C21H24N4O5S2/c1-2-11-32(29,30)24-14-5-3-13-4-10-17-19(21(22)26)23-25(20(17)18(13)12-14)15-6-8-16(9-7-15)31(27)28/h3,5-9,12,21,24,26H,2,4,10-11,22H2,1H3,(H,27,28). The van der Waals surface area contributed by atoms with E-state index in [4.69, 9.17) is 5.73 Å². The van der Waals surface area contributed by atoms with Gasteiger partial charge >= 0.3 is 0 Å². The molecule has 3 aromatic rings. The molecule has 5 N–H and O–H groups in total. The molecular formula is C21H24N4O5S2. The van der Waals surface area contributed by atoms with Gasteiger partial charge in [-0.05, 0) is 61.2 Å². The SMILES string of the molecule is CCCS(=O)(=O)Nc1ccc2c(c1)-c1c(c(C(N)O)nn1-c1ccc(S(=O)O)cc1)CC2. The van der Waals surface area contributed by atoms with Crippen LogP contribution in [0.2, 0.25) is 0 Å². The molecule has 1 aliphatic carbocycles. The maximum absolute atomic E-state index is 12.3. The Bertz CT molecular complexity index is 1280. The number of nitrogens with zero attached hydrogens (tertiary/aromatic N) is 2. The van der Waals surface area contributed by atoms with Gasteiger partial charge < -0.3 is 15.4 Å². The van der Waals surface area contributed by atoms with Crippen LogP contribution in [0, 0.1) is 0 Å². The highest BCUT2D eigenvalue weighted by Gasteiger charge is 2.28. The van der Waals surface area contributed by atoms with Crippen LogP contribution < -0.4 is 10.5 Å². The number of aliphatic hydroxyl groups excluding tert-OH is 1. The van der Waals surface area contributed by atoms with E-state index in [1.54, 1.807) is 35.9 Å². The lowest BCUT2D eigenvalue weighted by Crippen LogP contribution is -2.17. The number of sulfonamides is 1. The quantitative estimate of drug-likeness (QED) is 0.302. The lowest BCUT2D eigenvalue weighted by molar-refractivity contribution is 0.179. The van der Waals surface area contributed by atoms with Gasteiger partial charge in [0.15, 0.2) is 11.1 Å².